The second-order valence-electron chi connectivity index (χ2n) is 16.4. The van der Waals surface area contributed by atoms with E-state index < -0.39 is 35.5 Å². The molecule has 0 N–H and O–H groups in total. The second-order valence-corrected chi connectivity index (χ2v) is 68.5. The smallest absolute Gasteiger partial charge is 0.0377 e. The lowest BCUT2D eigenvalue weighted by Crippen LogP contribution is -2.77. The van der Waals surface area contributed by atoms with Crippen molar-refractivity contribution in [3.8, 4) is 0 Å². The Hall–Kier alpha value is 1.08. The van der Waals surface area contributed by atoms with E-state index in [1.807, 2.05) is 60.4 Å². The highest BCUT2D eigenvalue weighted by molar-refractivity contribution is 8.14. The van der Waals surface area contributed by atoms with Crippen molar-refractivity contribution in [2.24, 2.45) is 0 Å². The molecule has 0 saturated carbocycles. The van der Waals surface area contributed by atoms with Crippen molar-refractivity contribution < 1.29 is 0 Å². The zero-order valence-electron chi connectivity index (χ0n) is 33.7. The maximum atomic E-state index is 2.59. The van der Waals surface area contributed by atoms with Crippen LogP contribution in [-0.2, 0) is 0 Å². The Morgan fingerprint density at radius 1 is 0.178 bits per heavy atom. The molecule has 45 heavy (non-hydrogen) atoms. The van der Waals surface area contributed by atoms with Gasteiger partial charge in [0.15, 0.2) is 0 Å². The lowest BCUT2D eigenvalue weighted by molar-refractivity contribution is 0.813. The standard InChI is InChI=1S/C40H90Si5/c1-11-21-31-41(32-22-12-2)42(33-23-13-3,34-24-14-4)44(37-27-17-7,38-28-18-8)45(39-29-19-9,40-30-20-10)43(41,35-25-15-5)36-26-16-6/h11-40H2,1-10H3. The molecule has 0 aromatic carbocycles. The van der Waals surface area contributed by atoms with Gasteiger partial charge >= 0.3 is 0 Å². The molecule has 0 spiro atoms. The minimum atomic E-state index is -1.45. The van der Waals surface area contributed by atoms with Crippen molar-refractivity contribution in [2.45, 2.75) is 258 Å². The van der Waals surface area contributed by atoms with Gasteiger partial charge in [0.2, 0.25) is 0 Å². The van der Waals surface area contributed by atoms with E-state index in [1.54, 1.807) is 64.2 Å². The van der Waals surface area contributed by atoms with E-state index in [0.717, 1.165) is 0 Å². The molecule has 1 aliphatic heterocycles. The Balaban J connectivity index is 4.79. The molecule has 1 rings (SSSR count). The normalized spacial score (nSPS) is 19.3. The van der Waals surface area contributed by atoms with Crippen LogP contribution in [0.5, 0.6) is 0 Å². The van der Waals surface area contributed by atoms with Gasteiger partial charge in [0, 0.05) is 35.5 Å². The van der Waals surface area contributed by atoms with Crippen molar-refractivity contribution in [3.05, 3.63) is 0 Å². The van der Waals surface area contributed by atoms with Gasteiger partial charge in [-0.05, 0) is 0 Å². The van der Waals surface area contributed by atoms with Crippen LogP contribution < -0.4 is 0 Å². The zero-order valence-corrected chi connectivity index (χ0v) is 38.7. The van der Waals surface area contributed by atoms with Crippen LogP contribution in [0.3, 0.4) is 0 Å². The summed E-state index contributed by atoms with van der Waals surface area (Å²) in [5.41, 5.74) is 0. The van der Waals surface area contributed by atoms with Crippen LogP contribution in [-0.4, -0.2) is 35.5 Å². The average molecular weight is 712 g/mol. The van der Waals surface area contributed by atoms with Crippen LogP contribution in [0.2, 0.25) is 60.4 Å². The summed E-state index contributed by atoms with van der Waals surface area (Å²) in [5, 5.41) is 0. The predicted molar refractivity (Wildman–Crippen MR) is 226 cm³/mol. The fraction of sp³-hybridized carbons (Fsp3) is 1.00. The van der Waals surface area contributed by atoms with Gasteiger partial charge in [-0.25, -0.2) is 0 Å². The van der Waals surface area contributed by atoms with Gasteiger partial charge < -0.3 is 0 Å². The second kappa shape index (κ2) is 23.5. The molecule has 0 aromatic heterocycles. The SMILES string of the molecule is CCCC[Si]1(CCCC)[Si](CCCC)(CCCC)[Si](CCCC)(CCCC)[Si](CCCC)(CCCC)[Si]1(CCCC)CCCC. The van der Waals surface area contributed by atoms with Crippen LogP contribution in [0.25, 0.3) is 0 Å². The number of rotatable bonds is 30. The maximum absolute atomic E-state index is 2.59. The molecule has 0 amide bonds. The minimum absolute atomic E-state index is 1.45. The van der Waals surface area contributed by atoms with Crippen LogP contribution in [0.15, 0.2) is 0 Å². The summed E-state index contributed by atoms with van der Waals surface area (Å²) in [6.45, 7) is 25.9. The van der Waals surface area contributed by atoms with Gasteiger partial charge in [-0.3, -0.25) is 0 Å². The molecule has 0 unspecified atom stereocenters. The van der Waals surface area contributed by atoms with Gasteiger partial charge in [0.1, 0.15) is 0 Å². The summed E-state index contributed by atoms with van der Waals surface area (Å²) in [6.07, 6.45) is 31.1. The molecule has 1 saturated heterocycles. The monoisotopic (exact) mass is 711 g/mol. The molecule has 0 aliphatic carbocycles. The largest absolute Gasteiger partial charge is 0.0654 e. The summed E-state index contributed by atoms with van der Waals surface area (Å²) in [5.74, 6) is 0. The summed E-state index contributed by atoms with van der Waals surface area (Å²) in [7, 11) is -7.26. The van der Waals surface area contributed by atoms with Crippen molar-refractivity contribution in [1.29, 1.82) is 0 Å². The van der Waals surface area contributed by atoms with E-state index >= 15 is 0 Å². The van der Waals surface area contributed by atoms with Gasteiger partial charge in [-0.1, -0.05) is 258 Å². The van der Waals surface area contributed by atoms with E-state index in [-0.39, 0.29) is 0 Å². The van der Waals surface area contributed by atoms with Crippen molar-refractivity contribution in [3.63, 3.8) is 0 Å². The molecule has 270 valence electrons. The number of unbranched alkanes of at least 4 members (excludes halogenated alkanes) is 10. The number of hydrogen-bond acceptors (Lipinski definition) is 0. The van der Waals surface area contributed by atoms with Crippen molar-refractivity contribution in [2.75, 3.05) is 0 Å². The van der Waals surface area contributed by atoms with E-state index in [0.29, 0.717) is 0 Å². The van der Waals surface area contributed by atoms with E-state index in [4.69, 9.17) is 0 Å². The Labute approximate surface area is 292 Å². The van der Waals surface area contributed by atoms with Crippen molar-refractivity contribution in [1.82, 2.24) is 0 Å². The third-order valence-electron chi connectivity index (χ3n) is 14.2. The van der Waals surface area contributed by atoms with Gasteiger partial charge in [-0.2, -0.15) is 0 Å². The Bertz CT molecular complexity index is 522. The number of hydrogen-bond donors (Lipinski definition) is 0. The molecule has 0 bridgehead atoms. The molecule has 5 heteroatoms. The fourth-order valence-electron chi connectivity index (χ4n) is 12.5. The Morgan fingerprint density at radius 2 is 0.267 bits per heavy atom. The molecule has 1 heterocycles. The molecule has 1 fully saturated rings. The minimum Gasteiger partial charge on any atom is -0.0654 e. The highest BCUT2D eigenvalue weighted by Crippen LogP contribution is 2.67. The highest BCUT2D eigenvalue weighted by atomic mass is 30.2. The van der Waals surface area contributed by atoms with E-state index in [1.165, 1.54) is 64.2 Å². The maximum Gasteiger partial charge on any atom is 0.0377 e. The zero-order chi connectivity index (χ0) is 33.7. The predicted octanol–water partition coefficient (Wildman–Crippen LogP) is 15.6. The topological polar surface area (TPSA) is 0 Å². The van der Waals surface area contributed by atoms with Crippen LogP contribution in [0, 0.1) is 0 Å². The fourth-order valence-corrected chi connectivity index (χ4v) is 236. The first-order valence-corrected chi connectivity index (χ1v) is 38.9. The highest BCUT2D eigenvalue weighted by Gasteiger charge is 2.85. The lowest BCUT2D eigenvalue weighted by Gasteiger charge is -2.57. The first kappa shape index (κ1) is 44.1. The summed E-state index contributed by atoms with van der Waals surface area (Å²) >= 11 is 0. The molecule has 0 atom stereocenters. The average Bonchev–Trinajstić information content (AvgIpc) is 3.18. The van der Waals surface area contributed by atoms with E-state index in [2.05, 4.69) is 69.2 Å². The lowest BCUT2D eigenvalue weighted by atomic mass is 10.4. The summed E-state index contributed by atoms with van der Waals surface area (Å²) in [4.78, 5) is 0. The van der Waals surface area contributed by atoms with Crippen LogP contribution in [0.1, 0.15) is 198 Å². The van der Waals surface area contributed by atoms with Crippen LogP contribution in [0.4, 0.5) is 0 Å². The van der Waals surface area contributed by atoms with E-state index in [9.17, 15) is 0 Å². The molecule has 1 aliphatic rings. The molecule has 0 radical (unpaired) electrons. The summed E-state index contributed by atoms with van der Waals surface area (Å²) in [6, 6.07) is 18.6. The van der Waals surface area contributed by atoms with Gasteiger partial charge in [0.05, 0.1) is 0 Å². The third-order valence-corrected chi connectivity index (χ3v) is 132. The van der Waals surface area contributed by atoms with Gasteiger partial charge in [0.25, 0.3) is 0 Å². The Kier molecular flexibility index (Phi) is 23.0. The van der Waals surface area contributed by atoms with Crippen molar-refractivity contribution >= 4 is 35.5 Å². The third kappa shape index (κ3) is 9.06. The summed E-state index contributed by atoms with van der Waals surface area (Å²) < 4.78 is 0. The first-order chi connectivity index (χ1) is 21.9. The molecule has 0 nitrogen and oxygen atoms in total. The molecule has 0 aromatic rings. The van der Waals surface area contributed by atoms with Crippen LogP contribution >= 0.6 is 0 Å². The molecular weight excluding hydrogens is 621 g/mol. The quantitative estimate of drug-likeness (QED) is 0.0651. The Morgan fingerprint density at radius 3 is 0.333 bits per heavy atom. The first-order valence-electron chi connectivity index (χ1n) is 21.9. The molecular formula is C40H90Si5. The van der Waals surface area contributed by atoms with Gasteiger partial charge in [-0.15, -0.1) is 0 Å².